The van der Waals surface area contributed by atoms with Crippen molar-refractivity contribution in [3.8, 4) is 11.6 Å². The molecule has 0 spiro atoms. The molecule has 21 heavy (non-hydrogen) atoms. The second-order valence-electron chi connectivity index (χ2n) is 4.26. The second kappa shape index (κ2) is 6.90. The predicted octanol–water partition coefficient (Wildman–Crippen LogP) is 4.26. The van der Waals surface area contributed by atoms with Gasteiger partial charge in [-0.1, -0.05) is 24.6 Å². The van der Waals surface area contributed by atoms with E-state index in [0.717, 1.165) is 13.0 Å². The van der Waals surface area contributed by atoms with E-state index in [4.69, 9.17) is 16.3 Å². The average Bonchev–Trinajstić information content (AvgIpc) is 2.45. The molecule has 1 N–H and O–H groups in total. The van der Waals surface area contributed by atoms with Gasteiger partial charge in [-0.3, -0.25) is 10.1 Å². The first kappa shape index (κ1) is 15.1. The van der Waals surface area contributed by atoms with Gasteiger partial charge in [0.15, 0.2) is 0 Å². The first-order valence-corrected chi connectivity index (χ1v) is 6.80. The van der Waals surface area contributed by atoms with Crippen molar-refractivity contribution in [2.24, 2.45) is 0 Å². The summed E-state index contributed by atoms with van der Waals surface area (Å²) in [5.74, 6) is 1.49. The number of ether oxygens (including phenoxy) is 1. The number of rotatable bonds is 6. The molecule has 0 unspecified atom stereocenters. The van der Waals surface area contributed by atoms with E-state index in [-0.39, 0.29) is 10.7 Å². The van der Waals surface area contributed by atoms with Crippen molar-refractivity contribution in [3.63, 3.8) is 0 Å². The van der Waals surface area contributed by atoms with Crippen molar-refractivity contribution >= 4 is 23.1 Å². The fraction of sp³-hybridized carbons (Fsp3) is 0.214. The molecule has 0 radical (unpaired) electrons. The molecule has 0 amide bonds. The van der Waals surface area contributed by atoms with Crippen LogP contribution < -0.4 is 10.1 Å². The Labute approximate surface area is 126 Å². The number of hydrogen-bond acceptors (Lipinski definition) is 5. The summed E-state index contributed by atoms with van der Waals surface area (Å²) in [4.78, 5) is 14.4. The quantitative estimate of drug-likeness (QED) is 0.637. The molecule has 110 valence electrons. The predicted molar refractivity (Wildman–Crippen MR) is 81.2 cm³/mol. The van der Waals surface area contributed by atoms with Crippen molar-refractivity contribution < 1.29 is 9.66 Å². The Kier molecular flexibility index (Phi) is 4.94. The molecule has 2 aromatic rings. The van der Waals surface area contributed by atoms with Gasteiger partial charge in [-0.25, -0.2) is 0 Å². The molecule has 0 aliphatic carbocycles. The third-order valence-corrected chi connectivity index (χ3v) is 2.92. The van der Waals surface area contributed by atoms with E-state index in [0.29, 0.717) is 17.4 Å². The number of nitrogens with one attached hydrogen (secondary N) is 1. The van der Waals surface area contributed by atoms with Gasteiger partial charge in [0.2, 0.25) is 5.88 Å². The third-order valence-electron chi connectivity index (χ3n) is 2.62. The normalized spacial score (nSPS) is 10.2. The van der Waals surface area contributed by atoms with Gasteiger partial charge in [0.25, 0.3) is 5.69 Å². The summed E-state index contributed by atoms with van der Waals surface area (Å²) in [6.45, 7) is 2.88. The topological polar surface area (TPSA) is 77.3 Å². The molecule has 7 heteroatoms. The maximum absolute atomic E-state index is 10.7. The van der Waals surface area contributed by atoms with Gasteiger partial charge >= 0.3 is 0 Å². The van der Waals surface area contributed by atoms with Gasteiger partial charge in [-0.05, 0) is 18.6 Å². The number of nitro groups is 1. The zero-order chi connectivity index (χ0) is 15.2. The van der Waals surface area contributed by atoms with E-state index < -0.39 is 4.92 Å². The highest BCUT2D eigenvalue weighted by molar-refractivity contribution is 6.32. The summed E-state index contributed by atoms with van der Waals surface area (Å²) in [6, 6.07) is 9.54. The van der Waals surface area contributed by atoms with Crippen LogP contribution in [0.15, 0.2) is 36.4 Å². The van der Waals surface area contributed by atoms with Crippen LogP contribution in [0.2, 0.25) is 5.02 Å². The first-order chi connectivity index (χ1) is 10.1. The highest BCUT2D eigenvalue weighted by Crippen LogP contribution is 2.30. The van der Waals surface area contributed by atoms with Crippen LogP contribution in [-0.2, 0) is 0 Å². The minimum Gasteiger partial charge on any atom is -0.439 e. The van der Waals surface area contributed by atoms with Crippen LogP contribution in [0.3, 0.4) is 0 Å². The van der Waals surface area contributed by atoms with Crippen LogP contribution in [0.5, 0.6) is 11.6 Å². The fourth-order valence-corrected chi connectivity index (χ4v) is 1.88. The van der Waals surface area contributed by atoms with E-state index in [1.165, 1.54) is 18.2 Å². The Morgan fingerprint density at radius 2 is 2.19 bits per heavy atom. The van der Waals surface area contributed by atoms with Gasteiger partial charge < -0.3 is 10.1 Å². The Morgan fingerprint density at radius 1 is 1.38 bits per heavy atom. The van der Waals surface area contributed by atoms with Crippen molar-refractivity contribution in [2.75, 3.05) is 11.9 Å². The molecule has 0 aliphatic rings. The minimum atomic E-state index is -0.542. The van der Waals surface area contributed by atoms with Crippen molar-refractivity contribution in [1.29, 1.82) is 0 Å². The number of nitrogens with zero attached hydrogens (tertiary/aromatic N) is 2. The largest absolute Gasteiger partial charge is 0.439 e. The number of halogens is 1. The molecule has 1 heterocycles. The van der Waals surface area contributed by atoms with Gasteiger partial charge in [0.1, 0.15) is 16.6 Å². The second-order valence-corrected chi connectivity index (χ2v) is 4.67. The molecule has 0 aliphatic heterocycles. The maximum Gasteiger partial charge on any atom is 0.288 e. The first-order valence-electron chi connectivity index (χ1n) is 6.43. The third kappa shape index (κ3) is 4.06. The highest BCUT2D eigenvalue weighted by atomic mass is 35.5. The zero-order valence-electron chi connectivity index (χ0n) is 11.4. The van der Waals surface area contributed by atoms with E-state index >= 15 is 0 Å². The number of nitro benzene ring substituents is 1. The van der Waals surface area contributed by atoms with E-state index in [1.807, 2.05) is 12.1 Å². The lowest BCUT2D eigenvalue weighted by Gasteiger charge is -2.08. The maximum atomic E-state index is 10.7. The molecular weight excluding hydrogens is 294 g/mol. The van der Waals surface area contributed by atoms with Gasteiger partial charge in [0.05, 0.1) is 4.92 Å². The summed E-state index contributed by atoms with van der Waals surface area (Å²) >= 11 is 5.84. The highest BCUT2D eigenvalue weighted by Gasteiger charge is 2.13. The van der Waals surface area contributed by atoms with E-state index in [1.54, 1.807) is 6.07 Å². The van der Waals surface area contributed by atoms with Crippen LogP contribution in [-0.4, -0.2) is 16.5 Å². The van der Waals surface area contributed by atoms with Crippen LogP contribution in [0, 0.1) is 10.1 Å². The van der Waals surface area contributed by atoms with Gasteiger partial charge in [-0.15, -0.1) is 0 Å². The lowest BCUT2D eigenvalue weighted by molar-refractivity contribution is -0.384. The molecule has 0 bridgehead atoms. The number of pyridine rings is 1. The molecule has 0 atom stereocenters. The Balaban J connectivity index is 2.14. The van der Waals surface area contributed by atoms with Crippen LogP contribution in [0.4, 0.5) is 11.5 Å². The Bertz CT molecular complexity index is 649. The van der Waals surface area contributed by atoms with Crippen molar-refractivity contribution in [2.45, 2.75) is 13.3 Å². The summed E-state index contributed by atoms with van der Waals surface area (Å²) in [5.41, 5.74) is -0.157. The number of hydrogen-bond donors (Lipinski definition) is 1. The number of anilines is 1. The van der Waals surface area contributed by atoms with Crippen LogP contribution in [0.1, 0.15) is 13.3 Å². The Hall–Kier alpha value is -2.34. The standard InChI is InChI=1S/C14H14ClN3O3/c1-2-8-16-13-4-3-5-14(17-13)21-10-6-7-12(18(19)20)11(15)9-10/h3-7,9H,2,8H2,1H3,(H,16,17). The minimum absolute atomic E-state index is 0.0257. The molecule has 0 fully saturated rings. The van der Waals surface area contributed by atoms with Crippen LogP contribution in [0.25, 0.3) is 0 Å². The zero-order valence-corrected chi connectivity index (χ0v) is 12.1. The van der Waals surface area contributed by atoms with Crippen molar-refractivity contribution in [3.05, 3.63) is 51.5 Å². The summed E-state index contributed by atoms with van der Waals surface area (Å²) < 4.78 is 5.56. The van der Waals surface area contributed by atoms with Gasteiger partial charge in [-0.2, -0.15) is 4.98 Å². The number of aromatic nitrogens is 1. The SMILES string of the molecule is CCCNc1cccc(Oc2ccc([N+](=O)[O-])c(Cl)c2)n1. The molecule has 0 saturated carbocycles. The summed E-state index contributed by atoms with van der Waals surface area (Å²) in [7, 11) is 0. The van der Waals surface area contributed by atoms with Gasteiger partial charge in [0, 0.05) is 24.7 Å². The fourth-order valence-electron chi connectivity index (χ4n) is 1.64. The Morgan fingerprint density at radius 3 is 2.86 bits per heavy atom. The molecule has 0 saturated heterocycles. The molecule has 1 aromatic heterocycles. The number of benzene rings is 1. The monoisotopic (exact) mass is 307 g/mol. The van der Waals surface area contributed by atoms with Crippen LogP contribution >= 0.6 is 11.6 Å². The molecular formula is C14H14ClN3O3. The summed E-state index contributed by atoms with van der Waals surface area (Å²) in [6.07, 6.45) is 0.991. The summed E-state index contributed by atoms with van der Waals surface area (Å²) in [5, 5.41) is 13.9. The molecule has 6 nitrogen and oxygen atoms in total. The lowest BCUT2D eigenvalue weighted by Crippen LogP contribution is -2.02. The lowest BCUT2D eigenvalue weighted by atomic mass is 10.3. The van der Waals surface area contributed by atoms with E-state index in [2.05, 4.69) is 17.2 Å². The smallest absolute Gasteiger partial charge is 0.288 e. The molecule has 1 aromatic carbocycles. The van der Waals surface area contributed by atoms with E-state index in [9.17, 15) is 10.1 Å². The molecule has 2 rings (SSSR count). The van der Waals surface area contributed by atoms with Crippen molar-refractivity contribution in [1.82, 2.24) is 4.98 Å². The average molecular weight is 308 g/mol.